The summed E-state index contributed by atoms with van der Waals surface area (Å²) in [7, 11) is 0. The minimum absolute atomic E-state index is 0.147. The predicted octanol–water partition coefficient (Wildman–Crippen LogP) is 2.05. The lowest BCUT2D eigenvalue weighted by molar-refractivity contribution is -0.159. The summed E-state index contributed by atoms with van der Waals surface area (Å²) in [6, 6.07) is 0. The molecule has 0 aromatic heterocycles. The van der Waals surface area contributed by atoms with Crippen LogP contribution in [-0.2, 0) is 19.1 Å². The van der Waals surface area contributed by atoms with Crippen LogP contribution in [0.15, 0.2) is 0 Å². The van der Waals surface area contributed by atoms with Crippen LogP contribution in [0.25, 0.3) is 0 Å². The van der Waals surface area contributed by atoms with Crippen molar-refractivity contribution in [3.8, 4) is 0 Å². The lowest BCUT2D eigenvalue weighted by atomic mass is 9.55. The van der Waals surface area contributed by atoms with Crippen LogP contribution < -0.4 is 0 Å². The van der Waals surface area contributed by atoms with Gasteiger partial charge in [-0.1, -0.05) is 26.7 Å². The van der Waals surface area contributed by atoms with Gasteiger partial charge < -0.3 is 9.84 Å². The first-order chi connectivity index (χ1) is 9.61. The third-order valence-electron chi connectivity index (χ3n) is 5.08. The van der Waals surface area contributed by atoms with E-state index in [1.807, 2.05) is 6.92 Å². The highest BCUT2D eigenvalue weighted by molar-refractivity contribution is 6.23. The number of aliphatic hydroxyl groups excluding tert-OH is 1. The number of esters is 1. The summed E-state index contributed by atoms with van der Waals surface area (Å²) in [6.07, 6.45) is 2.56. The number of hydrogen-bond acceptors (Lipinski definition) is 5. The van der Waals surface area contributed by atoms with Gasteiger partial charge in [-0.05, 0) is 27.2 Å². The predicted molar refractivity (Wildman–Crippen MR) is 77.6 cm³/mol. The molecule has 1 aliphatic rings. The summed E-state index contributed by atoms with van der Waals surface area (Å²) in [5.74, 6) is -1.80. The molecule has 0 radical (unpaired) electrons. The number of rotatable bonds is 7. The number of cyclic esters (lactones) is 1. The van der Waals surface area contributed by atoms with Gasteiger partial charge in [0.15, 0.2) is 17.0 Å². The fourth-order valence-electron chi connectivity index (χ4n) is 3.28. The third kappa shape index (κ3) is 2.31. The number of ether oxygens (including phenoxy) is 1. The molecule has 1 heterocycles. The number of hydrogen-bond donors (Lipinski definition) is 1. The van der Waals surface area contributed by atoms with Gasteiger partial charge >= 0.3 is 5.97 Å². The molecule has 2 unspecified atom stereocenters. The molecule has 2 atom stereocenters. The molecule has 0 aromatic rings. The zero-order chi connectivity index (χ0) is 16.5. The Balaban J connectivity index is 3.35. The molecule has 120 valence electrons. The molecule has 21 heavy (non-hydrogen) atoms. The van der Waals surface area contributed by atoms with Crippen molar-refractivity contribution in [2.75, 3.05) is 6.61 Å². The monoisotopic (exact) mass is 298 g/mol. The quantitative estimate of drug-likeness (QED) is 0.442. The highest BCUT2D eigenvalue weighted by atomic mass is 16.6. The molecular weight excluding hydrogens is 272 g/mol. The maximum Gasteiger partial charge on any atom is 0.328 e. The summed E-state index contributed by atoms with van der Waals surface area (Å²) in [4.78, 5) is 37.4. The Morgan fingerprint density at radius 2 is 1.76 bits per heavy atom. The maximum absolute atomic E-state index is 12.7. The van der Waals surface area contributed by atoms with E-state index in [9.17, 15) is 19.5 Å². The molecule has 0 aromatic carbocycles. The number of carbonyl (C=O) groups is 3. The Kier molecular flexibility index (Phi) is 4.98. The van der Waals surface area contributed by atoms with E-state index < -0.39 is 40.6 Å². The van der Waals surface area contributed by atoms with E-state index in [0.29, 0.717) is 6.42 Å². The number of ketones is 2. The van der Waals surface area contributed by atoms with Gasteiger partial charge in [-0.15, -0.1) is 0 Å². The first kappa shape index (κ1) is 17.8. The van der Waals surface area contributed by atoms with E-state index in [0.717, 1.165) is 12.8 Å². The highest BCUT2D eigenvalue weighted by Crippen LogP contribution is 2.56. The molecular formula is C16H26O5. The number of unbranched alkanes of at least 4 members (excludes halogenated alkanes) is 2. The molecule has 5 heteroatoms. The summed E-state index contributed by atoms with van der Waals surface area (Å²) >= 11 is 0. The van der Waals surface area contributed by atoms with Crippen LogP contribution in [0.1, 0.15) is 60.3 Å². The molecule has 0 spiro atoms. The van der Waals surface area contributed by atoms with Gasteiger partial charge in [0.25, 0.3) is 0 Å². The van der Waals surface area contributed by atoms with E-state index >= 15 is 0 Å². The molecule has 0 bridgehead atoms. The Bertz CT molecular complexity index is 454. The van der Waals surface area contributed by atoms with Gasteiger partial charge in [-0.3, -0.25) is 14.4 Å². The van der Waals surface area contributed by atoms with Crippen LogP contribution in [0, 0.1) is 10.8 Å². The zero-order valence-electron chi connectivity index (χ0n) is 13.6. The van der Waals surface area contributed by atoms with E-state index in [1.165, 1.54) is 6.92 Å². The van der Waals surface area contributed by atoms with Crippen molar-refractivity contribution in [3.05, 3.63) is 0 Å². The van der Waals surface area contributed by atoms with Crippen molar-refractivity contribution in [1.82, 2.24) is 0 Å². The Morgan fingerprint density at radius 3 is 2.19 bits per heavy atom. The second-order valence-electron chi connectivity index (χ2n) is 6.58. The average molecular weight is 298 g/mol. The van der Waals surface area contributed by atoms with Crippen molar-refractivity contribution in [3.63, 3.8) is 0 Å². The largest absolute Gasteiger partial charge is 0.458 e. The minimum atomic E-state index is -1.89. The van der Waals surface area contributed by atoms with Gasteiger partial charge in [0.1, 0.15) is 5.60 Å². The molecule has 0 aliphatic carbocycles. The third-order valence-corrected chi connectivity index (χ3v) is 5.08. The molecule has 1 saturated heterocycles. The number of aliphatic hydroxyl groups is 1. The summed E-state index contributed by atoms with van der Waals surface area (Å²) in [5, 5.41) is 9.85. The first-order valence-corrected chi connectivity index (χ1v) is 7.50. The molecule has 1 aliphatic heterocycles. The molecule has 1 rings (SSSR count). The summed E-state index contributed by atoms with van der Waals surface area (Å²) in [6.45, 7) is 7.61. The fraction of sp³-hybridized carbons (Fsp3) is 0.812. The highest BCUT2D eigenvalue weighted by Gasteiger charge is 2.74. The normalized spacial score (nSPS) is 31.0. The second-order valence-corrected chi connectivity index (χ2v) is 6.58. The van der Waals surface area contributed by atoms with Crippen molar-refractivity contribution < 1.29 is 24.2 Å². The molecule has 0 amide bonds. The van der Waals surface area contributed by atoms with Crippen LogP contribution in [0.3, 0.4) is 0 Å². The van der Waals surface area contributed by atoms with Crippen molar-refractivity contribution in [2.45, 2.75) is 65.9 Å². The molecule has 0 saturated carbocycles. The molecule has 1 fully saturated rings. The average Bonchev–Trinajstić information content (AvgIpc) is 2.53. The molecule has 5 nitrogen and oxygen atoms in total. The lowest BCUT2D eigenvalue weighted by Crippen LogP contribution is -2.58. The van der Waals surface area contributed by atoms with E-state index in [2.05, 4.69) is 0 Å². The second kappa shape index (κ2) is 5.87. The SMILES string of the molecule is CCCCCC(=O)C1(C(C)=O)C(=O)OC(C)(C)C1(C)CO. The Labute approximate surface area is 126 Å². The summed E-state index contributed by atoms with van der Waals surface area (Å²) < 4.78 is 5.32. The zero-order valence-corrected chi connectivity index (χ0v) is 13.6. The molecule has 1 N–H and O–H groups in total. The minimum Gasteiger partial charge on any atom is -0.458 e. The van der Waals surface area contributed by atoms with E-state index in [-0.39, 0.29) is 6.42 Å². The topological polar surface area (TPSA) is 80.7 Å². The van der Waals surface area contributed by atoms with Crippen LogP contribution in [0.4, 0.5) is 0 Å². The van der Waals surface area contributed by atoms with E-state index in [1.54, 1.807) is 20.8 Å². The van der Waals surface area contributed by atoms with Crippen molar-refractivity contribution in [2.24, 2.45) is 10.8 Å². The first-order valence-electron chi connectivity index (χ1n) is 7.50. The van der Waals surface area contributed by atoms with Crippen molar-refractivity contribution in [1.29, 1.82) is 0 Å². The number of carbonyl (C=O) groups excluding carboxylic acids is 3. The van der Waals surface area contributed by atoms with Crippen molar-refractivity contribution >= 4 is 17.5 Å². The van der Waals surface area contributed by atoms with Crippen LogP contribution in [0.2, 0.25) is 0 Å². The van der Waals surface area contributed by atoms with Gasteiger partial charge in [0, 0.05) is 6.42 Å². The Morgan fingerprint density at radius 1 is 1.19 bits per heavy atom. The number of Topliss-reactive ketones (excluding diaryl/α,β-unsaturated/α-hetero) is 2. The maximum atomic E-state index is 12.7. The smallest absolute Gasteiger partial charge is 0.328 e. The van der Waals surface area contributed by atoms with Crippen LogP contribution in [0.5, 0.6) is 0 Å². The van der Waals surface area contributed by atoms with Gasteiger partial charge in [0.05, 0.1) is 12.0 Å². The van der Waals surface area contributed by atoms with Gasteiger partial charge in [-0.2, -0.15) is 0 Å². The van der Waals surface area contributed by atoms with E-state index in [4.69, 9.17) is 4.74 Å². The fourth-order valence-corrected chi connectivity index (χ4v) is 3.28. The summed E-state index contributed by atoms with van der Waals surface area (Å²) in [5.41, 5.74) is -4.23. The Hall–Kier alpha value is -1.23. The standard InChI is InChI=1S/C16H26O5/c1-6-7-8-9-12(19)16(11(2)18)13(20)21-14(3,4)15(16,5)10-17/h17H,6-10H2,1-5H3. The lowest BCUT2D eigenvalue weighted by Gasteiger charge is -2.41. The van der Waals surface area contributed by atoms with Crippen LogP contribution in [-0.4, -0.2) is 34.9 Å². The van der Waals surface area contributed by atoms with Gasteiger partial charge in [-0.25, -0.2) is 0 Å². The van der Waals surface area contributed by atoms with Gasteiger partial charge in [0.2, 0.25) is 0 Å². The van der Waals surface area contributed by atoms with Crippen LogP contribution >= 0.6 is 0 Å².